The van der Waals surface area contributed by atoms with E-state index in [1.807, 2.05) is 0 Å². The number of nitrogens with one attached hydrogen (secondary N) is 6. The van der Waals surface area contributed by atoms with Crippen molar-refractivity contribution < 1.29 is 74.7 Å². The van der Waals surface area contributed by atoms with Crippen LogP contribution in [0.3, 0.4) is 0 Å². The van der Waals surface area contributed by atoms with Crippen LogP contribution in [-0.4, -0.2) is 408 Å². The normalized spacial score (nSPS) is 24.8. The van der Waals surface area contributed by atoms with Gasteiger partial charge in [0.05, 0.1) is 36.8 Å². The number of hydrogen-bond acceptors (Lipinski definition) is 36. The number of ether oxygens (including phenoxy) is 5. The summed E-state index contributed by atoms with van der Waals surface area (Å²) in [6.45, 7) is 26.2. The van der Waals surface area contributed by atoms with Crippen LogP contribution in [0.4, 0.5) is 17.8 Å². The average molecular weight is 2180 g/mol. The van der Waals surface area contributed by atoms with Gasteiger partial charge in [0.15, 0.2) is 102 Å². The number of imidazole rings is 5. The van der Waals surface area contributed by atoms with Gasteiger partial charge in [-0.2, -0.15) is 9.97 Å². The van der Waals surface area contributed by atoms with Crippen molar-refractivity contribution in [3.63, 3.8) is 0 Å². The standard InChI is InChI=1S/C20H33N4O4PS.C19H31N4O4PS.C18H29N4O4PS.C16H26N5O4P.C15H25N6O4P.5CH4/c1-6-7-8-11-30-20-23-14-17(21-12(2)22-18(14)27)24(20)19-16(26)15(25)13(28-19)9-10-29(3,4)5;1-6-7-10-29-19-22-13-16(20-11(2)21-17(13)26)23(19)18-15(25)14(24)12(27-18)8-9-28(3,4)5;1-6-9-28-18-21-12-15(19-10(2)20-16(12)25)22(18)17-14(24)13(23)11(26-17)7-8-27(3,4)5;1-20(2)16-18-13-10(14(24)19-16)17-8-21(13)15-12(23)11(22)9(25-15)6-7-26(3,4)5;1-17-15-19-11-8(12(24)20-15)18-14(16)21(11)13-10(23)9(22)7(25-13)5-6-26(2,3)4;;;;;/h13,15-16,19,25-26H,3,6-11H2,1-2,4-5H3,(H,21,22,27);12,14-15,18,24-25H,3,6-10H2,1-2,4-5H3,(H,20,21,26);11,13-14,17,23-24H,3,6-9H2,1-2,4-5H3,(H,19,20,25);8-9,11-12,15,22-23H,3,6-7H2,1-2,4-5H3,(H,18,19,24);7,9-10,13,22-23H,2,5-6H2,1,3-4H3,(H2,16,18)(H2,17,19,20,24);5*1H4/t13-,15-,16-,19-;12-,14-,15-,18-;11-,13-,14-,17-;9-,11-,12-,15-;7-,9-,10-,13-;;;;;/m11111...../s1. The monoisotopic (exact) mass is 2170 g/mol. The molecule has 5 fully saturated rings. The van der Waals surface area contributed by atoms with Gasteiger partial charge in [-0.05, 0) is 170 Å². The molecule has 20 atom stereocenters. The third-order valence-corrected chi connectivity index (χ3v) is 34.4. The summed E-state index contributed by atoms with van der Waals surface area (Å²) in [7, 11) is 5.13. The van der Waals surface area contributed by atoms with Crippen LogP contribution in [0.2, 0.25) is 0 Å². The van der Waals surface area contributed by atoms with E-state index in [0.29, 0.717) is 93.6 Å². The summed E-state index contributed by atoms with van der Waals surface area (Å²) in [5, 5.41) is 110. The third-order valence-electron chi connectivity index (χ3n) is 23.8. The van der Waals surface area contributed by atoms with Crippen LogP contribution in [0.15, 0.2) is 45.8 Å². The molecule has 5 aliphatic rings. The number of aromatic amines is 5. The van der Waals surface area contributed by atoms with Crippen LogP contribution in [0.5, 0.6) is 0 Å². The molecule has 0 amide bonds. The van der Waals surface area contributed by atoms with Crippen molar-refractivity contribution in [1.29, 1.82) is 0 Å². The fourth-order valence-electron chi connectivity index (χ4n) is 16.2. The molecule has 0 spiro atoms. The van der Waals surface area contributed by atoms with Crippen LogP contribution in [0, 0.1) is 20.8 Å². The van der Waals surface area contributed by atoms with Gasteiger partial charge in [0.1, 0.15) is 78.5 Å². The smallest absolute Gasteiger partial charge is 0.280 e. The highest BCUT2D eigenvalue weighted by molar-refractivity contribution is 7.99. The molecule has 5 aliphatic heterocycles. The van der Waals surface area contributed by atoms with Crippen molar-refractivity contribution in [1.82, 2.24) is 97.6 Å². The molecule has 43 nitrogen and oxygen atoms in total. The van der Waals surface area contributed by atoms with Crippen LogP contribution in [0.25, 0.3) is 55.8 Å². The molecule has 51 heteroatoms. The number of anilines is 3. The first kappa shape index (κ1) is 126. The number of rotatable bonds is 34. The Kier molecular flexibility index (Phi) is 46.0. The van der Waals surface area contributed by atoms with Gasteiger partial charge in [-0.25, -0.2) is 39.9 Å². The maximum absolute atomic E-state index is 12.4. The van der Waals surface area contributed by atoms with Crippen LogP contribution in [0.1, 0.15) is 177 Å². The summed E-state index contributed by atoms with van der Waals surface area (Å²) in [5.41, 5.74) is 6.59. The lowest BCUT2D eigenvalue weighted by Gasteiger charge is -2.20. The van der Waals surface area contributed by atoms with E-state index in [2.05, 4.69) is 199 Å². The SMILES string of the molecule is C.C.C.C.C.C=P(C)(C)CC[C@H]1O[C@@H](n2c(N)nc3c(=O)[nH]c(NC)nc32)[C@H](O)[C@@H]1O.C=P(C)(C)CC[C@H]1O[C@@H](n2c(SCCC)nc3c(=O)[nH]c(C)nc32)[C@H](O)[C@@H]1O.C=P(C)(C)CC[C@H]1O[C@@H](n2c(SCCCC)nc3c(=O)[nH]c(C)nc32)[C@H](O)[C@@H]1O.C=P(C)(C)CC[C@H]1O[C@@H](n2c(SCCCCC)nc3c(=O)[nH]c(C)nc32)[C@H](O)[C@@H]1O.C=P(C)(C)CC[C@H]1O[C@@H](n2cnc3c(=O)[nH]c(N(C)C)nc32)[C@H](O)[C@@H]1O. The molecule has 144 heavy (non-hydrogen) atoms. The van der Waals surface area contributed by atoms with E-state index in [0.717, 1.165) is 86.6 Å². The third kappa shape index (κ3) is 30.7. The Morgan fingerprint density at radius 2 is 0.667 bits per heavy atom. The zero-order valence-electron chi connectivity index (χ0n) is 82.8. The van der Waals surface area contributed by atoms with Gasteiger partial charge in [0.25, 0.3) is 27.8 Å². The number of unbranched alkanes of at least 4 members (excludes halogenated alkanes) is 3. The maximum atomic E-state index is 12.4. The minimum Gasteiger partial charge on any atom is -0.388 e. The molecular formula is C93H164N23O20P5S3. The maximum Gasteiger partial charge on any atom is 0.280 e. The average Bonchev–Trinajstić information content (AvgIpc) is 1.61. The zero-order valence-corrected chi connectivity index (χ0v) is 89.8. The second-order valence-electron chi connectivity index (χ2n) is 39.6. The molecule has 18 N–H and O–H groups in total. The van der Waals surface area contributed by atoms with Gasteiger partial charge in [-0.1, -0.05) is 112 Å². The van der Waals surface area contributed by atoms with Crippen LogP contribution < -0.4 is 43.7 Å². The Labute approximate surface area is 856 Å². The highest BCUT2D eigenvalue weighted by atomic mass is 32.2. The molecule has 15 heterocycles. The lowest BCUT2D eigenvalue weighted by atomic mass is 10.1. The van der Waals surface area contributed by atoms with Gasteiger partial charge >= 0.3 is 0 Å². The van der Waals surface area contributed by atoms with Crippen molar-refractivity contribution in [2.75, 3.05) is 152 Å². The van der Waals surface area contributed by atoms with E-state index in [4.69, 9.17) is 29.4 Å². The van der Waals surface area contributed by atoms with E-state index >= 15 is 0 Å². The summed E-state index contributed by atoms with van der Waals surface area (Å²) in [6.07, 6.45) is 18.1. The summed E-state index contributed by atoms with van der Waals surface area (Å²) in [6, 6.07) is 0. The molecule has 10 aromatic rings. The molecule has 0 saturated carbocycles. The van der Waals surface area contributed by atoms with E-state index in [-0.39, 0.29) is 104 Å². The first-order valence-electron chi connectivity index (χ1n) is 46.5. The van der Waals surface area contributed by atoms with E-state index < -0.39 is 163 Å². The molecule has 0 radical (unpaired) electrons. The predicted octanol–water partition coefficient (Wildman–Crippen LogP) is 8.66. The number of aromatic nitrogens is 20. The zero-order chi connectivity index (χ0) is 102. The quantitative estimate of drug-likeness (QED) is 0.0102. The van der Waals surface area contributed by atoms with Crippen LogP contribution in [-0.2, 0) is 23.7 Å². The molecule has 0 aromatic carbocycles. The Bertz CT molecular complexity index is 6510. The van der Waals surface area contributed by atoms with Crippen molar-refractivity contribution in [2.24, 2.45) is 0 Å². The van der Waals surface area contributed by atoms with Gasteiger partial charge in [0, 0.05) is 38.4 Å². The number of nitrogens with two attached hydrogens (primary N) is 1. The number of nitrogen functional groups attached to an aromatic ring is 1. The Hall–Kier alpha value is -6.90. The van der Waals surface area contributed by atoms with Crippen molar-refractivity contribution in [2.45, 2.75) is 287 Å². The van der Waals surface area contributed by atoms with Gasteiger partial charge in [-0.3, -0.25) is 56.8 Å². The number of fused-ring (bicyclic) bond motifs is 5. The Balaban J connectivity index is 0.000000273. The van der Waals surface area contributed by atoms with E-state index in [9.17, 15) is 75.0 Å². The largest absolute Gasteiger partial charge is 0.388 e. The van der Waals surface area contributed by atoms with E-state index in [1.54, 1.807) is 60.5 Å². The van der Waals surface area contributed by atoms with Gasteiger partial charge < -0.3 is 106 Å². The second-order valence-corrected chi connectivity index (χ2v) is 64.4. The number of aliphatic hydroxyl groups is 10. The summed E-state index contributed by atoms with van der Waals surface area (Å²) < 4.78 is 38.0. The summed E-state index contributed by atoms with van der Waals surface area (Å²) in [4.78, 5) is 120. The first-order valence-corrected chi connectivity index (χ1v) is 64.7. The minimum atomic E-state index is -1.29. The number of H-pyrrole nitrogens is 5. The number of aliphatic hydroxyl groups excluding tert-OH is 10. The predicted molar refractivity (Wildman–Crippen MR) is 600 cm³/mol. The topological polar surface area (TPSA) is 608 Å². The Morgan fingerprint density at radius 1 is 0.375 bits per heavy atom. The van der Waals surface area contributed by atoms with Crippen LogP contribution >= 0.6 is 69.7 Å². The summed E-state index contributed by atoms with van der Waals surface area (Å²) >= 11 is 4.50. The highest BCUT2D eigenvalue weighted by Gasteiger charge is 2.51. The van der Waals surface area contributed by atoms with Crippen molar-refractivity contribution in [3.8, 4) is 0 Å². The van der Waals surface area contributed by atoms with Gasteiger partial charge in [-0.15, -0.1) is 65.9 Å². The molecule has 0 unspecified atom stereocenters. The second kappa shape index (κ2) is 52.7. The highest BCUT2D eigenvalue weighted by Crippen LogP contribution is 2.48. The number of nitrogens with zero attached hydrogens (tertiary/aromatic N) is 16. The molecule has 10 aromatic heterocycles. The lowest BCUT2D eigenvalue weighted by molar-refractivity contribution is -0.0400. The molecule has 814 valence electrons. The molecule has 0 bridgehead atoms. The number of thioether (sulfide) groups is 3. The summed E-state index contributed by atoms with van der Waals surface area (Å²) in [5.74, 6) is 4.43. The Morgan fingerprint density at radius 3 is 0.986 bits per heavy atom. The van der Waals surface area contributed by atoms with Crippen molar-refractivity contribution >= 4 is 175 Å². The van der Waals surface area contributed by atoms with Crippen molar-refractivity contribution in [3.05, 3.63) is 75.6 Å². The van der Waals surface area contributed by atoms with E-state index in [1.165, 1.54) is 50.7 Å². The molecule has 0 aliphatic carbocycles. The molecule has 15 rings (SSSR count). The molecule has 5 saturated heterocycles. The molecular weight excluding hydrogens is 2010 g/mol. The van der Waals surface area contributed by atoms with Gasteiger partial charge in [0.2, 0.25) is 17.8 Å². The fraction of sp³-hybridized carbons (Fsp3) is 0.677. The fourth-order valence-corrected chi connectivity index (χ4v) is 24.0. The minimum absolute atomic E-state index is 0. The number of hydrogen-bond donors (Lipinski definition) is 17. The lowest BCUT2D eigenvalue weighted by Crippen LogP contribution is -2.32. The first-order chi connectivity index (χ1) is 65.1. The number of aryl methyl sites for hydroxylation is 3.